The molecule has 10 rings (SSSR count). The van der Waals surface area contributed by atoms with Gasteiger partial charge in [-0.15, -0.1) is 0 Å². The zero-order valence-corrected chi connectivity index (χ0v) is 28.8. The summed E-state index contributed by atoms with van der Waals surface area (Å²) in [7, 11) is 0. The standard InChI is InChI=1S/C45H29N9/c1-4-12-30(13-5-1)41-50-42(33-20-22-39-37(26-33)48-44(31-14-6-2-7-15-31)53(39)35-18-10-24-46-28-35)52-43(51-41)34-21-23-40-38(27-34)49-45(32-16-8-3-9-17-32)54(40)36-19-11-25-47-29-36/h1-29H. The van der Waals surface area contributed by atoms with Crippen LogP contribution in [0.15, 0.2) is 176 Å². The molecule has 0 amide bonds. The summed E-state index contributed by atoms with van der Waals surface area (Å²) in [5, 5.41) is 0. The molecule has 5 aromatic carbocycles. The Kier molecular flexibility index (Phi) is 7.58. The third-order valence-electron chi connectivity index (χ3n) is 9.36. The van der Waals surface area contributed by atoms with E-state index in [-0.39, 0.29) is 0 Å². The van der Waals surface area contributed by atoms with E-state index in [4.69, 9.17) is 24.9 Å². The number of imidazole rings is 2. The van der Waals surface area contributed by atoms with Gasteiger partial charge in [-0.25, -0.2) is 24.9 Å². The SMILES string of the molecule is c1ccc(-c2nc(-c3ccc4c(c3)nc(-c3ccccc3)n4-c3cccnc3)nc(-c3ccc4c(c3)nc(-c3ccccc3)n4-c3cccnc3)n2)cc1. The molecule has 0 saturated heterocycles. The first-order valence-corrected chi connectivity index (χ1v) is 17.6. The van der Waals surface area contributed by atoms with Gasteiger partial charge in [-0.2, -0.15) is 0 Å². The lowest BCUT2D eigenvalue weighted by molar-refractivity contribution is 1.07. The predicted molar refractivity (Wildman–Crippen MR) is 212 cm³/mol. The van der Waals surface area contributed by atoms with Gasteiger partial charge in [0.25, 0.3) is 0 Å². The van der Waals surface area contributed by atoms with Crippen molar-refractivity contribution in [2.75, 3.05) is 0 Å². The summed E-state index contributed by atoms with van der Waals surface area (Å²) < 4.78 is 4.28. The average molecular weight is 696 g/mol. The highest BCUT2D eigenvalue weighted by molar-refractivity contribution is 5.88. The van der Waals surface area contributed by atoms with Crippen molar-refractivity contribution >= 4 is 22.1 Å². The van der Waals surface area contributed by atoms with Crippen molar-refractivity contribution in [3.8, 4) is 68.3 Å². The fraction of sp³-hybridized carbons (Fsp3) is 0. The maximum Gasteiger partial charge on any atom is 0.164 e. The molecule has 0 aliphatic rings. The lowest BCUT2D eigenvalue weighted by Gasteiger charge is -2.10. The molecule has 0 radical (unpaired) electrons. The summed E-state index contributed by atoms with van der Waals surface area (Å²) in [6.45, 7) is 0. The van der Waals surface area contributed by atoms with Crippen molar-refractivity contribution < 1.29 is 0 Å². The van der Waals surface area contributed by atoms with Crippen LogP contribution in [-0.2, 0) is 0 Å². The molecule has 0 aliphatic carbocycles. The van der Waals surface area contributed by atoms with Gasteiger partial charge in [0.05, 0.1) is 45.8 Å². The Hall–Kier alpha value is -7.65. The second kappa shape index (κ2) is 13.2. The number of rotatable bonds is 7. The van der Waals surface area contributed by atoms with Crippen LogP contribution < -0.4 is 0 Å². The number of benzene rings is 5. The van der Waals surface area contributed by atoms with Gasteiger partial charge in [-0.05, 0) is 60.7 Å². The first kappa shape index (κ1) is 31.1. The van der Waals surface area contributed by atoms with Crippen molar-refractivity contribution in [1.29, 1.82) is 0 Å². The van der Waals surface area contributed by atoms with Crippen molar-refractivity contribution in [1.82, 2.24) is 44.0 Å². The Balaban J connectivity index is 1.14. The van der Waals surface area contributed by atoms with Crippen molar-refractivity contribution in [2.45, 2.75) is 0 Å². The van der Waals surface area contributed by atoms with E-state index < -0.39 is 0 Å². The molecule has 5 heterocycles. The van der Waals surface area contributed by atoms with Crippen LogP contribution in [0, 0.1) is 0 Å². The third kappa shape index (κ3) is 5.57. The second-order valence-electron chi connectivity index (χ2n) is 12.8. The normalized spacial score (nSPS) is 11.3. The van der Waals surface area contributed by atoms with E-state index in [1.807, 2.05) is 128 Å². The van der Waals surface area contributed by atoms with Gasteiger partial charge in [0.15, 0.2) is 17.5 Å². The lowest BCUT2D eigenvalue weighted by atomic mass is 10.1. The molecular formula is C45H29N9. The molecule has 0 spiro atoms. The molecule has 0 unspecified atom stereocenters. The smallest absolute Gasteiger partial charge is 0.164 e. The maximum absolute atomic E-state index is 5.15. The van der Waals surface area contributed by atoms with E-state index in [1.54, 1.807) is 12.4 Å². The zero-order valence-electron chi connectivity index (χ0n) is 28.8. The van der Waals surface area contributed by atoms with Gasteiger partial charge in [-0.1, -0.05) is 91.0 Å². The Labute approximate surface area is 310 Å². The molecule has 5 aromatic heterocycles. The Morgan fingerprint density at radius 2 is 0.741 bits per heavy atom. The van der Waals surface area contributed by atoms with Crippen molar-refractivity contribution in [3.63, 3.8) is 0 Å². The quantitative estimate of drug-likeness (QED) is 0.164. The second-order valence-corrected chi connectivity index (χ2v) is 12.8. The summed E-state index contributed by atoms with van der Waals surface area (Å²) in [5.41, 5.74) is 9.94. The highest BCUT2D eigenvalue weighted by Crippen LogP contribution is 2.34. The molecule has 0 bridgehead atoms. The van der Waals surface area contributed by atoms with Crippen LogP contribution in [-0.4, -0.2) is 44.0 Å². The Bertz CT molecular complexity index is 2730. The number of hydrogen-bond acceptors (Lipinski definition) is 7. The molecule has 0 aliphatic heterocycles. The van der Waals surface area contributed by atoms with Gasteiger partial charge in [0, 0.05) is 40.2 Å². The number of pyridine rings is 2. The summed E-state index contributed by atoms with van der Waals surface area (Å²) in [6, 6.07) is 50.7. The molecule has 0 atom stereocenters. The monoisotopic (exact) mass is 695 g/mol. The van der Waals surface area contributed by atoms with Crippen molar-refractivity contribution in [3.05, 3.63) is 176 Å². The molecule has 0 saturated carbocycles. The topological polar surface area (TPSA) is 100 Å². The van der Waals surface area contributed by atoms with Gasteiger partial charge in [-0.3, -0.25) is 19.1 Å². The van der Waals surface area contributed by atoms with Gasteiger partial charge in [0.1, 0.15) is 11.6 Å². The number of hydrogen-bond donors (Lipinski definition) is 0. The molecular weight excluding hydrogens is 667 g/mol. The van der Waals surface area contributed by atoms with Crippen LogP contribution in [0.4, 0.5) is 0 Å². The van der Waals surface area contributed by atoms with Crippen LogP contribution >= 0.6 is 0 Å². The van der Waals surface area contributed by atoms with E-state index in [0.717, 1.165) is 72.9 Å². The number of fused-ring (bicyclic) bond motifs is 2. The number of aromatic nitrogens is 9. The van der Waals surface area contributed by atoms with Crippen LogP contribution in [0.25, 0.3) is 90.4 Å². The molecule has 0 fully saturated rings. The maximum atomic E-state index is 5.15. The van der Waals surface area contributed by atoms with Gasteiger partial charge >= 0.3 is 0 Å². The first-order valence-electron chi connectivity index (χ1n) is 17.6. The molecule has 9 heteroatoms. The Morgan fingerprint density at radius 1 is 0.333 bits per heavy atom. The summed E-state index contributed by atoms with van der Waals surface area (Å²) in [4.78, 5) is 34.2. The third-order valence-corrected chi connectivity index (χ3v) is 9.36. The fourth-order valence-corrected chi connectivity index (χ4v) is 6.85. The van der Waals surface area contributed by atoms with Crippen LogP contribution in [0.3, 0.4) is 0 Å². The summed E-state index contributed by atoms with van der Waals surface area (Å²) in [5.74, 6) is 3.32. The first-order chi connectivity index (χ1) is 26.8. The molecule has 54 heavy (non-hydrogen) atoms. The largest absolute Gasteiger partial charge is 0.291 e. The molecule has 0 N–H and O–H groups in total. The highest BCUT2D eigenvalue weighted by Gasteiger charge is 2.20. The average Bonchev–Trinajstić information content (AvgIpc) is 3.84. The van der Waals surface area contributed by atoms with E-state index in [1.165, 1.54) is 0 Å². The van der Waals surface area contributed by atoms with Gasteiger partial charge < -0.3 is 0 Å². The van der Waals surface area contributed by atoms with Crippen LogP contribution in [0.2, 0.25) is 0 Å². The molecule has 9 nitrogen and oxygen atoms in total. The van der Waals surface area contributed by atoms with Crippen LogP contribution in [0.5, 0.6) is 0 Å². The van der Waals surface area contributed by atoms with Crippen molar-refractivity contribution in [2.24, 2.45) is 0 Å². The summed E-state index contributed by atoms with van der Waals surface area (Å²) in [6.07, 6.45) is 7.26. The molecule has 10 aromatic rings. The highest BCUT2D eigenvalue weighted by atomic mass is 15.1. The summed E-state index contributed by atoms with van der Waals surface area (Å²) >= 11 is 0. The Morgan fingerprint density at radius 3 is 1.15 bits per heavy atom. The minimum absolute atomic E-state index is 0.545. The van der Waals surface area contributed by atoms with Crippen LogP contribution in [0.1, 0.15) is 0 Å². The number of nitrogens with zero attached hydrogens (tertiary/aromatic N) is 9. The van der Waals surface area contributed by atoms with E-state index in [9.17, 15) is 0 Å². The fourth-order valence-electron chi connectivity index (χ4n) is 6.85. The minimum Gasteiger partial charge on any atom is -0.291 e. The van der Waals surface area contributed by atoms with E-state index in [2.05, 4.69) is 55.5 Å². The predicted octanol–water partition coefficient (Wildman–Crippen LogP) is 9.67. The zero-order chi connectivity index (χ0) is 35.8. The molecule has 254 valence electrons. The van der Waals surface area contributed by atoms with E-state index in [0.29, 0.717) is 17.5 Å². The minimum atomic E-state index is 0.545. The van der Waals surface area contributed by atoms with E-state index >= 15 is 0 Å². The van der Waals surface area contributed by atoms with Gasteiger partial charge in [0.2, 0.25) is 0 Å². The lowest BCUT2D eigenvalue weighted by Crippen LogP contribution is -2.00.